The van der Waals surface area contributed by atoms with Gasteiger partial charge >= 0.3 is 6.01 Å². The van der Waals surface area contributed by atoms with E-state index in [0.717, 1.165) is 68.5 Å². The molecule has 22 heteroatoms. The van der Waals surface area contributed by atoms with Crippen molar-refractivity contribution in [3.8, 4) is 35.4 Å². The summed E-state index contributed by atoms with van der Waals surface area (Å²) in [5.74, 6) is 6.05. The first kappa shape index (κ1) is 85.4. The Morgan fingerprint density at radius 2 is 0.375 bits per heavy atom. The van der Waals surface area contributed by atoms with Crippen molar-refractivity contribution in [3.63, 3.8) is 0 Å². The molecule has 8 aromatic heterocycles. The summed E-state index contributed by atoms with van der Waals surface area (Å²) in [6, 6.07) is 89.8. The number of aromatic nitrogens is 16. The van der Waals surface area contributed by atoms with Crippen molar-refractivity contribution < 1.29 is 28.4 Å². The van der Waals surface area contributed by atoms with Crippen LogP contribution in [0.1, 0.15) is 208 Å². The molecule has 4 fully saturated rings. The standard InChI is InChI=1S/C28H28N4O.2C26H24N4O2.C26H24N4O/c1-17-15-22(31-19(3)29-17)26-24(20-11-7-5-8-12-20)27(25(26)21-13-9-6-10-14-21)23-16-18(2)30-28(32-23)33-4;2*1-31-21-15-27-13-19(29-21)25-23(17-9-5-3-6-10-17)24(18-11-7-4-8-12-18)26(25)20-14-28-16-22(30-20)32-2;1-17-13-27-14-20(29-17)25-23(18-9-5-3-6-10-18)26(21-15-28-16-22(30-21)31-2)24(25)19-11-7-4-8-12-19/h5-16,24-27H,1-4H3;2*3-16,23-26H,1-2H3;3-16,23-26H,1-2H3/t24-,25-,26?,27?;23-,24+,25+,26-;23-,24+,25-,26-;23-,24-,25?,26?/m1.01/s1. The van der Waals surface area contributed by atoms with Crippen LogP contribution in [0.3, 0.4) is 0 Å². The smallest absolute Gasteiger partial charge is 0.316 e. The molecule has 0 bridgehead atoms. The van der Waals surface area contributed by atoms with E-state index in [1.54, 1.807) is 73.6 Å². The van der Waals surface area contributed by atoms with E-state index in [1.165, 1.54) is 44.5 Å². The molecule has 0 amide bonds. The van der Waals surface area contributed by atoms with E-state index in [1.807, 2.05) is 95.3 Å². The molecule has 0 spiro atoms. The number of hydrogen-bond acceptors (Lipinski definition) is 22. The highest BCUT2D eigenvalue weighted by atomic mass is 16.5. The van der Waals surface area contributed by atoms with Gasteiger partial charge in [-0.05, 0) is 84.3 Å². The number of methoxy groups -OCH3 is 6. The molecule has 4 aliphatic rings. The van der Waals surface area contributed by atoms with Gasteiger partial charge in [-0.1, -0.05) is 243 Å². The van der Waals surface area contributed by atoms with Gasteiger partial charge in [0.05, 0.1) is 119 Å². The van der Waals surface area contributed by atoms with Gasteiger partial charge in [0.1, 0.15) is 5.82 Å². The molecular weight excluding hydrogens is 1590 g/mol. The molecule has 0 radical (unpaired) electrons. The quantitative estimate of drug-likeness (QED) is 0.0610. The number of ether oxygens (including phenoxy) is 6. The average Bonchev–Trinajstić information content (AvgIpc) is 0.732. The van der Waals surface area contributed by atoms with E-state index >= 15 is 0 Å². The molecule has 640 valence electrons. The second-order valence-electron chi connectivity index (χ2n) is 32.6. The highest BCUT2D eigenvalue weighted by Gasteiger charge is 2.58. The van der Waals surface area contributed by atoms with Crippen LogP contribution in [0, 0.1) is 27.7 Å². The maximum absolute atomic E-state index is 5.44. The van der Waals surface area contributed by atoms with Crippen LogP contribution in [0.25, 0.3) is 0 Å². The topological polar surface area (TPSA) is 262 Å². The third-order valence-corrected chi connectivity index (χ3v) is 25.4. The summed E-state index contributed by atoms with van der Waals surface area (Å²) in [5, 5.41) is 0. The molecule has 0 saturated heterocycles. The largest absolute Gasteiger partial charge is 0.480 e. The average molecular weight is 1690 g/mol. The lowest BCUT2D eigenvalue weighted by Crippen LogP contribution is -2.41. The van der Waals surface area contributed by atoms with Gasteiger partial charge in [-0.25, -0.2) is 39.9 Å². The van der Waals surface area contributed by atoms with Gasteiger partial charge in [0.15, 0.2) is 0 Å². The van der Waals surface area contributed by atoms with E-state index in [0.29, 0.717) is 35.4 Å². The van der Waals surface area contributed by atoms with Gasteiger partial charge in [-0.15, -0.1) is 0 Å². The van der Waals surface area contributed by atoms with Crippen LogP contribution in [-0.4, -0.2) is 122 Å². The molecule has 0 aliphatic heterocycles. The molecule has 20 rings (SSSR count). The van der Waals surface area contributed by atoms with Crippen LogP contribution in [0.15, 0.2) is 329 Å². The summed E-state index contributed by atoms with van der Waals surface area (Å²) < 4.78 is 32.4. The first-order chi connectivity index (χ1) is 62.9. The van der Waals surface area contributed by atoms with Crippen LogP contribution < -0.4 is 28.4 Å². The first-order valence-corrected chi connectivity index (χ1v) is 43.1. The van der Waals surface area contributed by atoms with Gasteiger partial charge in [-0.3, -0.25) is 34.9 Å². The number of nitrogens with zero attached hydrogens (tertiary/aromatic N) is 16. The maximum atomic E-state index is 5.44. The second-order valence-corrected chi connectivity index (χ2v) is 32.6. The summed E-state index contributed by atoms with van der Waals surface area (Å²) in [6.45, 7) is 8.01. The molecule has 8 heterocycles. The van der Waals surface area contributed by atoms with Crippen LogP contribution in [0.5, 0.6) is 35.4 Å². The first-order valence-electron chi connectivity index (χ1n) is 43.1. The lowest BCUT2D eigenvalue weighted by atomic mass is 9.50. The molecule has 0 unspecified atom stereocenters. The fourth-order valence-electron chi connectivity index (χ4n) is 20.1. The van der Waals surface area contributed by atoms with Crippen LogP contribution in [0.2, 0.25) is 0 Å². The summed E-state index contributed by atoms with van der Waals surface area (Å²) in [4.78, 5) is 73.9. The fourth-order valence-corrected chi connectivity index (χ4v) is 20.1. The van der Waals surface area contributed by atoms with Crippen molar-refractivity contribution in [1.29, 1.82) is 0 Å². The summed E-state index contributed by atoms with van der Waals surface area (Å²) >= 11 is 0. The predicted molar refractivity (Wildman–Crippen MR) is 490 cm³/mol. The van der Waals surface area contributed by atoms with Crippen molar-refractivity contribution in [1.82, 2.24) is 79.7 Å². The predicted octanol–water partition coefficient (Wildman–Crippen LogP) is 20.1. The van der Waals surface area contributed by atoms with E-state index in [-0.39, 0.29) is 94.7 Å². The number of benzene rings is 8. The Bertz CT molecular complexity index is 5840. The van der Waals surface area contributed by atoms with Crippen LogP contribution in [-0.2, 0) is 0 Å². The summed E-state index contributed by atoms with van der Waals surface area (Å²) in [5.41, 5.74) is 20.7. The Morgan fingerprint density at radius 1 is 0.172 bits per heavy atom. The zero-order chi connectivity index (χ0) is 88.0. The zero-order valence-electron chi connectivity index (χ0n) is 73.0. The third kappa shape index (κ3) is 18.1. The Kier molecular flexibility index (Phi) is 26.4. The minimum Gasteiger partial charge on any atom is -0.480 e. The van der Waals surface area contributed by atoms with Crippen molar-refractivity contribution in [3.05, 3.63) is 442 Å². The highest BCUT2D eigenvalue weighted by Crippen LogP contribution is 2.70. The summed E-state index contributed by atoms with van der Waals surface area (Å²) in [6.07, 6.45) is 21.1. The normalized spacial score (nSPS) is 22.1. The van der Waals surface area contributed by atoms with Gasteiger partial charge in [0, 0.05) is 155 Å². The second kappa shape index (κ2) is 39.6. The van der Waals surface area contributed by atoms with Gasteiger partial charge in [0.25, 0.3) is 0 Å². The highest BCUT2D eigenvalue weighted by molar-refractivity contribution is 5.51. The minimum atomic E-state index is 0.0617. The van der Waals surface area contributed by atoms with E-state index in [9.17, 15) is 0 Å². The Labute approximate surface area is 746 Å². The molecule has 16 aromatic rings. The number of aryl methyl sites for hydroxylation is 4. The molecule has 22 nitrogen and oxygen atoms in total. The molecule has 128 heavy (non-hydrogen) atoms. The summed E-state index contributed by atoms with van der Waals surface area (Å²) in [7, 11) is 9.70. The third-order valence-electron chi connectivity index (χ3n) is 25.4. The molecule has 0 N–H and O–H groups in total. The maximum Gasteiger partial charge on any atom is 0.316 e. The Balaban J connectivity index is 0.000000120. The molecule has 12 atom stereocenters. The van der Waals surface area contributed by atoms with Crippen molar-refractivity contribution >= 4 is 0 Å². The van der Waals surface area contributed by atoms with E-state index in [2.05, 4.69) is 270 Å². The van der Waals surface area contributed by atoms with E-state index in [4.69, 9.17) is 68.3 Å². The van der Waals surface area contributed by atoms with Crippen molar-refractivity contribution in [2.45, 2.75) is 122 Å². The molecule has 4 aliphatic carbocycles. The number of hydrogen-bond donors (Lipinski definition) is 0. The van der Waals surface area contributed by atoms with E-state index < -0.39 is 0 Å². The lowest BCUT2D eigenvalue weighted by molar-refractivity contribution is 0.216. The SMILES string of the molecule is COc1cncc(C2[C@H](c3ccccc3)C(c3cncc(C)n3)[C@H]2c2ccccc2)n1.COc1cncc([C@@H]2[C@@H](c3ccccc3)[C@@H](c3ccccc3)[C@@H]2c2cncc(OC)n2)n1.COc1cncc([C@H]2[C@H](c3ccccc3)[C@H](c3ccccc3)[C@@H]2c2cncc(OC)n2)n1.COc1nc(C)cc(C2[C@H](c3ccccc3)C(c3cc(C)nc(C)n3)[C@H]2c2ccccc2)n1. The lowest BCUT2D eigenvalue weighted by Gasteiger charge is -2.52. The number of rotatable bonds is 22. The van der Waals surface area contributed by atoms with Crippen molar-refractivity contribution in [2.24, 2.45) is 0 Å². The fraction of sp³-hybridized carbons (Fsp3) is 0.245. The van der Waals surface area contributed by atoms with Crippen LogP contribution >= 0.6 is 0 Å². The van der Waals surface area contributed by atoms with Gasteiger partial charge in [-0.2, -0.15) is 4.98 Å². The molecule has 8 aromatic carbocycles. The zero-order valence-corrected chi connectivity index (χ0v) is 73.0. The van der Waals surface area contributed by atoms with Crippen molar-refractivity contribution in [2.75, 3.05) is 42.7 Å². The Morgan fingerprint density at radius 3 is 0.602 bits per heavy atom. The molecular formula is C106H100N16O6. The molecule has 4 saturated carbocycles. The van der Waals surface area contributed by atoms with Gasteiger partial charge < -0.3 is 28.4 Å². The minimum absolute atomic E-state index is 0.0617. The Hall–Kier alpha value is -14.8. The van der Waals surface area contributed by atoms with Crippen LogP contribution in [0.4, 0.5) is 0 Å². The van der Waals surface area contributed by atoms with Gasteiger partial charge in [0.2, 0.25) is 29.4 Å². The monoisotopic (exact) mass is 1690 g/mol.